The fraction of sp³-hybridized carbons (Fsp3) is 0.238. The number of hydrogen-bond acceptors (Lipinski definition) is 5. The number of sulfonamides is 1. The van der Waals surface area contributed by atoms with Crippen LogP contribution in [0.5, 0.6) is 0 Å². The zero-order valence-corrected chi connectivity index (χ0v) is 17.4. The number of nitriles is 1. The van der Waals surface area contributed by atoms with Crippen LogP contribution in [0.25, 0.3) is 0 Å². The van der Waals surface area contributed by atoms with Crippen LogP contribution < -0.4 is 5.32 Å². The molecule has 0 radical (unpaired) electrons. The first-order valence-corrected chi connectivity index (χ1v) is 10.9. The molecule has 0 bridgehead atoms. The molecule has 1 aliphatic rings. The van der Waals surface area contributed by atoms with Crippen LogP contribution in [0.1, 0.15) is 17.0 Å². The van der Waals surface area contributed by atoms with Crippen LogP contribution in [0.15, 0.2) is 60.0 Å². The van der Waals surface area contributed by atoms with E-state index in [0.29, 0.717) is 5.69 Å². The number of aromatic nitrogens is 2. The van der Waals surface area contributed by atoms with Gasteiger partial charge in [-0.1, -0.05) is 12.1 Å². The van der Waals surface area contributed by atoms with Crippen molar-refractivity contribution in [1.29, 1.82) is 5.26 Å². The summed E-state index contributed by atoms with van der Waals surface area (Å²) in [5.74, 6) is -1.36. The van der Waals surface area contributed by atoms with E-state index in [-0.39, 0.29) is 29.6 Å². The van der Waals surface area contributed by atoms with Crippen molar-refractivity contribution in [3.8, 4) is 6.07 Å². The summed E-state index contributed by atoms with van der Waals surface area (Å²) in [7, 11) is -2.16. The number of benzene rings is 2. The Bertz CT molecular complexity index is 1250. The SMILES string of the molecule is Cn1cnc(S(=O)(=O)N2CC(Nc3ccc(C#N)c(F)c3)C(c3ccc(F)cc3)C2)c1. The monoisotopic (exact) mass is 443 g/mol. The second-order valence-corrected chi connectivity index (χ2v) is 9.30. The van der Waals surface area contributed by atoms with Gasteiger partial charge in [0.25, 0.3) is 10.0 Å². The van der Waals surface area contributed by atoms with Crippen molar-refractivity contribution in [2.45, 2.75) is 17.0 Å². The van der Waals surface area contributed by atoms with Crippen molar-refractivity contribution >= 4 is 15.7 Å². The van der Waals surface area contributed by atoms with Gasteiger partial charge in [-0.05, 0) is 35.9 Å². The van der Waals surface area contributed by atoms with Gasteiger partial charge in [-0.2, -0.15) is 9.57 Å². The summed E-state index contributed by atoms with van der Waals surface area (Å²) in [6, 6.07) is 11.4. The lowest BCUT2D eigenvalue weighted by molar-refractivity contribution is 0.468. The molecule has 1 fully saturated rings. The molecule has 7 nitrogen and oxygen atoms in total. The van der Waals surface area contributed by atoms with E-state index in [2.05, 4.69) is 10.3 Å². The molecule has 1 saturated heterocycles. The van der Waals surface area contributed by atoms with Gasteiger partial charge in [-0.15, -0.1) is 0 Å². The molecule has 2 unspecified atom stereocenters. The lowest BCUT2D eigenvalue weighted by Crippen LogP contribution is -2.32. The van der Waals surface area contributed by atoms with E-state index in [1.807, 2.05) is 0 Å². The van der Waals surface area contributed by atoms with Crippen LogP contribution >= 0.6 is 0 Å². The minimum absolute atomic E-state index is 0.0575. The van der Waals surface area contributed by atoms with Crippen molar-refractivity contribution in [2.75, 3.05) is 18.4 Å². The predicted octanol–water partition coefficient (Wildman–Crippen LogP) is 2.84. The van der Waals surface area contributed by atoms with Gasteiger partial charge in [-0.3, -0.25) is 0 Å². The molecule has 31 heavy (non-hydrogen) atoms. The molecule has 1 N–H and O–H groups in total. The Morgan fingerprint density at radius 1 is 1.16 bits per heavy atom. The number of rotatable bonds is 5. The Morgan fingerprint density at radius 2 is 1.90 bits per heavy atom. The number of hydrogen-bond donors (Lipinski definition) is 1. The number of halogens is 2. The number of nitrogens with one attached hydrogen (secondary N) is 1. The lowest BCUT2D eigenvalue weighted by atomic mass is 9.94. The first-order valence-electron chi connectivity index (χ1n) is 9.47. The van der Waals surface area contributed by atoms with E-state index in [1.165, 1.54) is 41.1 Å². The maximum Gasteiger partial charge on any atom is 0.262 e. The van der Waals surface area contributed by atoms with E-state index in [9.17, 15) is 17.2 Å². The maximum absolute atomic E-state index is 14.1. The lowest BCUT2D eigenvalue weighted by Gasteiger charge is -2.21. The first-order chi connectivity index (χ1) is 14.8. The summed E-state index contributed by atoms with van der Waals surface area (Å²) in [5.41, 5.74) is 1.10. The van der Waals surface area contributed by atoms with Crippen molar-refractivity contribution < 1.29 is 17.2 Å². The second kappa shape index (κ2) is 8.09. The topological polar surface area (TPSA) is 91.0 Å². The molecule has 2 heterocycles. The maximum atomic E-state index is 14.1. The zero-order valence-electron chi connectivity index (χ0n) is 16.5. The quantitative estimate of drug-likeness (QED) is 0.655. The van der Waals surface area contributed by atoms with Crippen molar-refractivity contribution in [2.24, 2.45) is 7.05 Å². The molecule has 0 saturated carbocycles. The molecule has 10 heteroatoms. The first kappa shape index (κ1) is 21.0. The number of imidazole rings is 1. The standard InChI is InChI=1S/C21H19F2N5O2S/c1-27-12-21(25-13-27)31(29,30)28-10-18(14-2-5-16(22)6-3-14)20(11-28)26-17-7-4-15(9-24)19(23)8-17/h2-8,12-13,18,20,26H,10-11H2,1H3. The summed E-state index contributed by atoms with van der Waals surface area (Å²) in [6.45, 7) is 0.267. The van der Waals surface area contributed by atoms with E-state index in [0.717, 1.165) is 5.56 Å². The smallest absolute Gasteiger partial charge is 0.262 e. The third-order valence-corrected chi connectivity index (χ3v) is 7.03. The normalized spacial score (nSPS) is 19.3. The third kappa shape index (κ3) is 4.15. The van der Waals surface area contributed by atoms with Crippen LogP contribution in [-0.4, -0.2) is 41.4 Å². The Hall–Kier alpha value is -3.29. The van der Waals surface area contributed by atoms with Gasteiger partial charge in [0, 0.05) is 44.0 Å². The second-order valence-electron chi connectivity index (χ2n) is 7.41. The summed E-state index contributed by atoms with van der Waals surface area (Å²) >= 11 is 0. The van der Waals surface area contributed by atoms with Crippen LogP contribution in [-0.2, 0) is 17.1 Å². The number of nitrogens with zero attached hydrogens (tertiary/aromatic N) is 4. The van der Waals surface area contributed by atoms with Crippen LogP contribution in [0.2, 0.25) is 0 Å². The molecule has 1 aliphatic heterocycles. The average Bonchev–Trinajstić information content (AvgIpc) is 3.36. The minimum atomic E-state index is -3.84. The molecule has 0 amide bonds. The van der Waals surface area contributed by atoms with Gasteiger partial charge in [-0.25, -0.2) is 22.2 Å². The molecule has 4 rings (SSSR count). The van der Waals surface area contributed by atoms with Crippen molar-refractivity contribution in [3.05, 3.63) is 77.8 Å². The summed E-state index contributed by atoms with van der Waals surface area (Å²) < 4.78 is 56.5. The molecule has 0 aliphatic carbocycles. The Labute approximate surface area is 178 Å². The van der Waals surface area contributed by atoms with Gasteiger partial charge < -0.3 is 9.88 Å². The Morgan fingerprint density at radius 3 is 2.52 bits per heavy atom. The fourth-order valence-corrected chi connectivity index (χ4v) is 5.18. The van der Waals surface area contributed by atoms with E-state index >= 15 is 0 Å². The van der Waals surface area contributed by atoms with E-state index in [4.69, 9.17) is 5.26 Å². The Balaban J connectivity index is 1.66. The molecular weight excluding hydrogens is 424 g/mol. The van der Waals surface area contributed by atoms with Gasteiger partial charge in [0.2, 0.25) is 0 Å². The van der Waals surface area contributed by atoms with Gasteiger partial charge >= 0.3 is 0 Å². The summed E-state index contributed by atoms with van der Waals surface area (Å²) in [4.78, 5) is 3.96. The molecule has 2 atom stereocenters. The average molecular weight is 443 g/mol. The van der Waals surface area contributed by atoms with Gasteiger partial charge in [0.15, 0.2) is 5.03 Å². The highest BCUT2D eigenvalue weighted by atomic mass is 32.2. The largest absolute Gasteiger partial charge is 0.380 e. The highest BCUT2D eigenvalue weighted by molar-refractivity contribution is 7.89. The van der Waals surface area contributed by atoms with Crippen molar-refractivity contribution in [3.63, 3.8) is 0 Å². The summed E-state index contributed by atoms with van der Waals surface area (Å²) in [6.07, 6.45) is 2.84. The Kier molecular flexibility index (Phi) is 5.47. The molecular formula is C21H19F2N5O2S. The fourth-order valence-electron chi connectivity index (χ4n) is 3.72. The zero-order chi connectivity index (χ0) is 22.2. The number of anilines is 1. The predicted molar refractivity (Wildman–Crippen MR) is 110 cm³/mol. The molecule has 0 spiro atoms. The number of aryl methyl sites for hydroxylation is 1. The van der Waals surface area contributed by atoms with E-state index in [1.54, 1.807) is 35.9 Å². The van der Waals surface area contributed by atoms with E-state index < -0.39 is 27.7 Å². The third-order valence-electron chi connectivity index (χ3n) is 5.31. The molecule has 1 aromatic heterocycles. The highest BCUT2D eigenvalue weighted by Crippen LogP contribution is 2.33. The molecule has 160 valence electrons. The molecule has 2 aromatic carbocycles. The van der Waals surface area contributed by atoms with Crippen LogP contribution in [0, 0.1) is 23.0 Å². The van der Waals surface area contributed by atoms with Crippen LogP contribution in [0.3, 0.4) is 0 Å². The van der Waals surface area contributed by atoms with Crippen LogP contribution in [0.4, 0.5) is 14.5 Å². The van der Waals surface area contributed by atoms with Crippen molar-refractivity contribution in [1.82, 2.24) is 13.9 Å². The summed E-state index contributed by atoms with van der Waals surface area (Å²) in [5, 5.41) is 12.0. The molecule has 3 aromatic rings. The van der Waals surface area contributed by atoms with Gasteiger partial charge in [0.1, 0.15) is 17.7 Å². The van der Waals surface area contributed by atoms with Gasteiger partial charge in [0.05, 0.1) is 11.9 Å². The minimum Gasteiger partial charge on any atom is -0.380 e. The highest BCUT2D eigenvalue weighted by Gasteiger charge is 2.41.